The lowest BCUT2D eigenvalue weighted by Gasteiger charge is -2.38. The van der Waals surface area contributed by atoms with Crippen LogP contribution in [0.3, 0.4) is 0 Å². The summed E-state index contributed by atoms with van der Waals surface area (Å²) >= 11 is 0. The number of hydrogen-bond donors (Lipinski definition) is 6. The van der Waals surface area contributed by atoms with E-state index in [2.05, 4.69) is 39.6 Å². The Morgan fingerprint density at radius 2 is 1.56 bits per heavy atom. The number of benzene rings is 3. The Morgan fingerprint density at radius 1 is 0.882 bits per heavy atom. The number of esters is 2. The number of amides is 3. The summed E-state index contributed by atoms with van der Waals surface area (Å²) in [5, 5.41) is 42.9. The van der Waals surface area contributed by atoms with Crippen molar-refractivity contribution < 1.29 is 77.0 Å². The van der Waals surface area contributed by atoms with Crippen molar-refractivity contribution in [1.29, 1.82) is 0 Å². The first-order valence-corrected chi connectivity index (χ1v) is 28.8. The van der Waals surface area contributed by atoms with Crippen LogP contribution in [0.1, 0.15) is 111 Å². The summed E-state index contributed by atoms with van der Waals surface area (Å²) in [5.41, 5.74) is -1.05. The highest BCUT2D eigenvalue weighted by atomic mass is 16.7. The van der Waals surface area contributed by atoms with E-state index in [4.69, 9.17) is 28.3 Å². The van der Waals surface area contributed by atoms with Gasteiger partial charge in [-0.3, -0.25) is 38.5 Å². The van der Waals surface area contributed by atoms with Gasteiger partial charge in [0.15, 0.2) is 11.3 Å². The van der Waals surface area contributed by atoms with E-state index in [0.717, 1.165) is 19.6 Å². The first kappa shape index (κ1) is 64.4. The van der Waals surface area contributed by atoms with Crippen LogP contribution in [0, 0.1) is 42.4 Å². The van der Waals surface area contributed by atoms with Gasteiger partial charge in [-0.25, -0.2) is 4.98 Å². The number of allylic oxidation sites excluding steroid dienone is 3. The number of ether oxygens (including phenoxy) is 4. The molecule has 8 rings (SSSR count). The summed E-state index contributed by atoms with van der Waals surface area (Å²) in [5.74, 6) is -10.4. The maximum Gasteiger partial charge on any atom is 0.312 e. The lowest BCUT2D eigenvalue weighted by molar-refractivity contribution is -0.164. The lowest BCUT2D eigenvalue weighted by Crippen LogP contribution is -2.47. The van der Waals surface area contributed by atoms with E-state index >= 15 is 4.79 Å². The molecule has 6 N–H and O–H groups in total. The zero-order valence-electron chi connectivity index (χ0n) is 49.9. The van der Waals surface area contributed by atoms with Crippen molar-refractivity contribution in [2.45, 2.75) is 132 Å². The molecule has 5 heterocycles. The molecule has 6 aliphatic rings. The summed E-state index contributed by atoms with van der Waals surface area (Å²) in [7, 11) is 0. The number of carbonyl (C=O) groups excluding carboxylic acids is 8. The number of ketones is 1. The number of aromatic nitrogens is 1. The second-order valence-electron chi connectivity index (χ2n) is 23.2. The topological polar surface area (TPSA) is 320 Å². The molecule has 0 spiro atoms. The standard InChI is InChI=1S/C62H78N6O17/c1-31(2)28-67-21-23-68(24-22-67)41-26-42(72)50-43(27-41)83-59-51(65-50)47-48-54(77)38(9)58-49(47)60(79)62(11,85-58)81-25-19-32(3)35(6)57(82-39(10)71)37(8)53(76)36(7)56(33(4)14-12-15-34(5)61(80)66-52(59)55(48)78)84-46(75)18-17-44(73)63-20-13-16-45(74)64-40(29-69)30-70/h12,14-15,19,25-27,29-33,35-37,40,53,56-57,72,76-77H,13,16-18,20-24,28H2,1-11H3,(H,63,73)(H,64,74)(H,66,80)/b14-12+,25-19+,34-15-/t32-,33-,35+,36-,37+,53+,56-,57+,62-/m0/s1. The number of Topliss-reactive ketones (excluding diaryl/α,β-unsaturated/α-hetero) is 1. The molecule has 1 fully saturated rings. The van der Waals surface area contributed by atoms with Crippen LogP contribution in [-0.2, 0) is 47.8 Å². The molecule has 458 valence electrons. The molecular formula is C62H78N6O17. The lowest BCUT2D eigenvalue weighted by atomic mass is 9.77. The third-order valence-electron chi connectivity index (χ3n) is 16.2. The van der Waals surface area contributed by atoms with Crippen molar-refractivity contribution in [3.8, 4) is 28.7 Å². The largest absolute Gasteiger partial charge is 0.507 e. The van der Waals surface area contributed by atoms with E-state index in [0.29, 0.717) is 24.7 Å². The normalized spacial score (nSPS) is 25.7. The fourth-order valence-electron chi connectivity index (χ4n) is 11.2. The van der Waals surface area contributed by atoms with Gasteiger partial charge in [-0.05, 0) is 44.1 Å². The number of piperazine rings is 1. The molecule has 0 radical (unpaired) electrons. The number of phenolic OH excluding ortho intramolecular Hbond substituents is 2. The fraction of sp³-hybridized carbons (Fsp3) is 0.516. The van der Waals surface area contributed by atoms with Gasteiger partial charge in [-0.2, -0.15) is 0 Å². The summed E-state index contributed by atoms with van der Waals surface area (Å²) in [6.45, 7) is 22.3. The van der Waals surface area contributed by atoms with Gasteiger partial charge in [0.25, 0.3) is 11.7 Å². The van der Waals surface area contributed by atoms with Crippen molar-refractivity contribution >= 4 is 81.3 Å². The van der Waals surface area contributed by atoms with Crippen molar-refractivity contribution in [3.63, 3.8) is 0 Å². The highest BCUT2D eigenvalue weighted by Gasteiger charge is 2.50. The Kier molecular flexibility index (Phi) is 20.6. The average molecular weight is 1180 g/mol. The number of carbonyl (C=O) groups is 8. The van der Waals surface area contributed by atoms with Gasteiger partial charge in [-0.15, -0.1) is 0 Å². The SMILES string of the molecule is CC(=O)O[C@H]1[C@H](C)[C@H](O)[C@H](C)[C@@H](OC(=O)CCC(=O)NCCCC(=O)NC(C=O)C=O)[C@@H](C)/C=C/C=C(/C)C(=O)Nc2c3oc4cc(N5CCN(CC(C)C)CC5)cc(O)c4nc-3c3c4c(c(C)c(O)c3c2=O)O[C@](C)(O/C=C/[C@H](C)[C@H]1C)C4=O. The Morgan fingerprint density at radius 3 is 2.22 bits per heavy atom. The van der Waals surface area contributed by atoms with Crippen molar-refractivity contribution in [2.75, 3.05) is 49.5 Å². The van der Waals surface area contributed by atoms with Gasteiger partial charge >= 0.3 is 17.7 Å². The number of nitrogens with one attached hydrogen (secondary N) is 3. The molecule has 5 aliphatic heterocycles. The van der Waals surface area contributed by atoms with Crippen LogP contribution in [0.2, 0.25) is 0 Å². The molecule has 85 heavy (non-hydrogen) atoms. The van der Waals surface area contributed by atoms with Crippen LogP contribution < -0.4 is 31.0 Å². The van der Waals surface area contributed by atoms with Gasteiger partial charge in [0, 0.05) is 118 Å². The molecule has 3 amide bonds. The molecule has 1 saturated heterocycles. The molecular weight excluding hydrogens is 1100 g/mol. The van der Waals surface area contributed by atoms with Crippen LogP contribution in [0.15, 0.2) is 57.5 Å². The first-order valence-electron chi connectivity index (χ1n) is 28.8. The number of fused-ring (bicyclic) bond motifs is 14. The van der Waals surface area contributed by atoms with Crippen LogP contribution in [0.5, 0.6) is 17.2 Å². The van der Waals surface area contributed by atoms with Crippen LogP contribution >= 0.6 is 0 Å². The minimum absolute atomic E-state index is 0.00291. The van der Waals surface area contributed by atoms with Crippen LogP contribution in [-0.4, -0.2) is 143 Å². The van der Waals surface area contributed by atoms with E-state index in [1.165, 1.54) is 46.1 Å². The maximum atomic E-state index is 15.1. The average Bonchev–Trinajstić information content (AvgIpc) is 1.71. The van der Waals surface area contributed by atoms with Crippen LogP contribution in [0.4, 0.5) is 11.4 Å². The Labute approximate surface area is 492 Å². The zero-order valence-corrected chi connectivity index (χ0v) is 49.9. The summed E-state index contributed by atoms with van der Waals surface area (Å²) in [6, 6.07) is 1.96. The fourth-order valence-corrected chi connectivity index (χ4v) is 11.2. The molecule has 9 atom stereocenters. The maximum absolute atomic E-state index is 15.1. The van der Waals surface area contributed by atoms with Crippen molar-refractivity contribution in [1.82, 2.24) is 20.5 Å². The molecule has 0 saturated carbocycles. The van der Waals surface area contributed by atoms with Gasteiger partial charge in [0.2, 0.25) is 17.2 Å². The molecule has 2 aromatic rings. The molecule has 1 aliphatic carbocycles. The summed E-state index contributed by atoms with van der Waals surface area (Å²) in [6.07, 6.45) is 4.10. The summed E-state index contributed by atoms with van der Waals surface area (Å²) in [4.78, 5) is 127. The number of nitrogens with zero attached hydrogens (tertiary/aromatic N) is 3. The monoisotopic (exact) mass is 1180 g/mol. The Hall–Kier alpha value is -8.18. The number of anilines is 2. The number of aldehydes is 2. The zero-order chi connectivity index (χ0) is 62.4. The van der Waals surface area contributed by atoms with E-state index in [9.17, 15) is 53.7 Å². The minimum Gasteiger partial charge on any atom is -0.507 e. The third kappa shape index (κ3) is 14.3. The Balaban J connectivity index is 1.28. The molecule has 23 nitrogen and oxygen atoms in total. The molecule has 0 aromatic heterocycles. The van der Waals surface area contributed by atoms with Gasteiger partial charge in [0.1, 0.15) is 65.0 Å². The smallest absolute Gasteiger partial charge is 0.312 e. The second-order valence-corrected chi connectivity index (χ2v) is 23.2. The second kappa shape index (κ2) is 27.2. The number of rotatable bonds is 15. The molecule has 23 heteroatoms. The van der Waals surface area contributed by atoms with E-state index in [1.54, 1.807) is 52.0 Å². The van der Waals surface area contributed by atoms with Gasteiger partial charge in [-0.1, -0.05) is 66.7 Å². The minimum atomic E-state index is -2.11. The number of aliphatic hydroxyl groups is 1. The van der Waals surface area contributed by atoms with Crippen LogP contribution in [0.25, 0.3) is 33.3 Å². The van der Waals surface area contributed by atoms with Gasteiger partial charge < -0.3 is 69.1 Å². The number of aliphatic hydroxyl groups excluding tert-OH is 1. The van der Waals surface area contributed by atoms with E-state index in [-0.39, 0.29) is 101 Å². The third-order valence-corrected chi connectivity index (χ3v) is 16.2. The van der Waals surface area contributed by atoms with E-state index in [1.807, 2.05) is 6.92 Å². The number of hydrogen-bond acceptors (Lipinski definition) is 20. The van der Waals surface area contributed by atoms with Gasteiger partial charge in [0.05, 0.1) is 29.7 Å². The first-order chi connectivity index (χ1) is 40.2. The highest BCUT2D eigenvalue weighted by Crippen LogP contribution is 2.51. The number of phenols is 2. The van der Waals surface area contributed by atoms with E-state index < -0.39 is 117 Å². The predicted octanol–water partition coefficient (Wildman–Crippen LogP) is 6.16. The quantitative estimate of drug-likeness (QED) is 0.0194. The predicted molar refractivity (Wildman–Crippen MR) is 314 cm³/mol. The highest BCUT2D eigenvalue weighted by molar-refractivity contribution is 6.22. The molecule has 2 aromatic carbocycles. The van der Waals surface area contributed by atoms with Crippen molar-refractivity contribution in [2.24, 2.45) is 35.5 Å². The molecule has 0 unspecified atom stereocenters. The summed E-state index contributed by atoms with van der Waals surface area (Å²) < 4.78 is 31.0. The molecule has 5 bridgehead atoms. The number of aromatic hydroxyl groups is 2. The van der Waals surface area contributed by atoms with Crippen molar-refractivity contribution in [3.05, 3.63) is 69.6 Å². The Bertz CT molecular complexity index is 3350.